The van der Waals surface area contributed by atoms with Gasteiger partial charge in [0.25, 0.3) is 0 Å². The molecule has 1 fully saturated rings. The van der Waals surface area contributed by atoms with Gasteiger partial charge < -0.3 is 10.5 Å². The fourth-order valence-electron chi connectivity index (χ4n) is 3.01. The molecule has 0 bridgehead atoms. The maximum atomic E-state index is 5.76. The molecule has 20 heavy (non-hydrogen) atoms. The lowest BCUT2D eigenvalue weighted by Crippen LogP contribution is -2.36. The van der Waals surface area contributed by atoms with Crippen LogP contribution in [0.5, 0.6) is 0 Å². The van der Waals surface area contributed by atoms with E-state index >= 15 is 0 Å². The summed E-state index contributed by atoms with van der Waals surface area (Å²) < 4.78 is 6.48. The van der Waals surface area contributed by atoms with E-state index in [2.05, 4.69) is 28.1 Å². The average Bonchev–Trinajstić information content (AvgIpc) is 2.79. The van der Waals surface area contributed by atoms with E-state index in [1.165, 1.54) is 29.6 Å². The predicted molar refractivity (Wildman–Crippen MR) is 83.9 cm³/mol. The van der Waals surface area contributed by atoms with Crippen molar-refractivity contribution < 1.29 is 4.74 Å². The van der Waals surface area contributed by atoms with Crippen molar-refractivity contribution in [3.8, 4) is 0 Å². The van der Waals surface area contributed by atoms with Gasteiger partial charge in [-0.25, -0.2) is 4.98 Å². The van der Waals surface area contributed by atoms with E-state index in [1.807, 2.05) is 0 Å². The highest BCUT2D eigenvalue weighted by Gasteiger charge is 2.19. The first-order chi connectivity index (χ1) is 9.74. The number of ether oxygens (including phenoxy) is 1. The number of hydrogen-bond acceptors (Lipinski definition) is 5. The van der Waals surface area contributed by atoms with Crippen molar-refractivity contribution in [3.05, 3.63) is 23.8 Å². The largest absolute Gasteiger partial charge is 0.384 e. The summed E-state index contributed by atoms with van der Waals surface area (Å²) in [5.74, 6) is 0.677. The fraction of sp³-hybridized carbons (Fsp3) is 0.533. The van der Waals surface area contributed by atoms with Crippen LogP contribution in [0.25, 0.3) is 10.2 Å². The molecule has 1 aliphatic rings. The molecule has 1 saturated heterocycles. The minimum absolute atomic E-state index is 0.648. The van der Waals surface area contributed by atoms with Gasteiger partial charge in [0.1, 0.15) is 0 Å². The van der Waals surface area contributed by atoms with Gasteiger partial charge in [-0.2, -0.15) is 0 Å². The quantitative estimate of drug-likeness (QED) is 0.941. The number of nitrogens with two attached hydrogens (primary N) is 1. The number of aromatic nitrogens is 1. The lowest BCUT2D eigenvalue weighted by Gasteiger charge is -2.32. The SMILES string of the molecule is COCC1CCCN(Cc2ccc3nc(N)sc3c2)C1. The number of benzene rings is 1. The van der Waals surface area contributed by atoms with Gasteiger partial charge in [-0.15, -0.1) is 0 Å². The lowest BCUT2D eigenvalue weighted by molar-refractivity contribution is 0.0874. The Morgan fingerprint density at radius 2 is 2.40 bits per heavy atom. The Hall–Kier alpha value is -1.17. The Kier molecular flexibility index (Phi) is 4.19. The predicted octanol–water partition coefficient (Wildman–Crippen LogP) is 2.74. The number of nitrogens with zero attached hydrogens (tertiary/aromatic N) is 2. The van der Waals surface area contributed by atoms with Crippen LogP contribution in [0.4, 0.5) is 5.13 Å². The van der Waals surface area contributed by atoms with Gasteiger partial charge in [-0.1, -0.05) is 17.4 Å². The number of methoxy groups -OCH3 is 1. The van der Waals surface area contributed by atoms with Crippen molar-refractivity contribution in [1.82, 2.24) is 9.88 Å². The summed E-state index contributed by atoms with van der Waals surface area (Å²) in [6.45, 7) is 4.20. The van der Waals surface area contributed by atoms with E-state index < -0.39 is 0 Å². The van der Waals surface area contributed by atoms with Gasteiger partial charge >= 0.3 is 0 Å². The fourth-order valence-corrected chi connectivity index (χ4v) is 3.81. The van der Waals surface area contributed by atoms with Crippen LogP contribution in [0.15, 0.2) is 18.2 Å². The zero-order valence-electron chi connectivity index (χ0n) is 11.8. The second kappa shape index (κ2) is 6.08. The molecular formula is C15H21N3OS. The van der Waals surface area contributed by atoms with Crippen molar-refractivity contribution >= 4 is 26.7 Å². The maximum Gasteiger partial charge on any atom is 0.181 e. The third-order valence-electron chi connectivity index (χ3n) is 3.88. The minimum atomic E-state index is 0.648. The Morgan fingerprint density at radius 1 is 1.50 bits per heavy atom. The van der Waals surface area contributed by atoms with Crippen molar-refractivity contribution in [2.24, 2.45) is 5.92 Å². The summed E-state index contributed by atoms with van der Waals surface area (Å²) in [4.78, 5) is 6.83. The monoisotopic (exact) mass is 291 g/mol. The molecule has 1 atom stereocenters. The molecule has 108 valence electrons. The number of rotatable bonds is 4. The van der Waals surface area contributed by atoms with Crippen molar-refractivity contribution in [3.63, 3.8) is 0 Å². The number of nitrogen functional groups attached to an aromatic ring is 1. The molecular weight excluding hydrogens is 270 g/mol. The van der Waals surface area contributed by atoms with Crippen molar-refractivity contribution in [1.29, 1.82) is 0 Å². The smallest absolute Gasteiger partial charge is 0.181 e. The van der Waals surface area contributed by atoms with Crippen LogP contribution in [0, 0.1) is 5.92 Å². The molecule has 1 aromatic carbocycles. The van der Waals surface area contributed by atoms with E-state index in [9.17, 15) is 0 Å². The molecule has 2 N–H and O–H groups in total. The van der Waals surface area contributed by atoms with Crippen LogP contribution in [0.3, 0.4) is 0 Å². The van der Waals surface area contributed by atoms with Gasteiger partial charge in [-0.05, 0) is 43.0 Å². The highest BCUT2D eigenvalue weighted by Crippen LogP contribution is 2.26. The number of hydrogen-bond donors (Lipinski definition) is 1. The Morgan fingerprint density at radius 3 is 3.25 bits per heavy atom. The lowest BCUT2D eigenvalue weighted by atomic mass is 9.98. The molecule has 0 spiro atoms. The van der Waals surface area contributed by atoms with Crippen LogP contribution in [0.1, 0.15) is 18.4 Å². The second-order valence-corrected chi connectivity index (χ2v) is 6.62. The number of likely N-dealkylation sites (tertiary alicyclic amines) is 1. The minimum Gasteiger partial charge on any atom is -0.384 e. The number of piperidine rings is 1. The molecule has 0 aliphatic carbocycles. The molecule has 1 aromatic heterocycles. The van der Waals surface area contributed by atoms with E-state index in [1.54, 1.807) is 18.4 Å². The van der Waals surface area contributed by atoms with E-state index in [4.69, 9.17) is 10.5 Å². The first-order valence-electron chi connectivity index (χ1n) is 7.11. The summed E-state index contributed by atoms with van der Waals surface area (Å²) in [6, 6.07) is 6.47. The topological polar surface area (TPSA) is 51.4 Å². The standard InChI is InChI=1S/C15H21N3OS/c1-19-10-12-3-2-6-18(9-12)8-11-4-5-13-14(7-11)20-15(16)17-13/h4-5,7,12H,2-3,6,8-10H2,1H3,(H2,16,17). The van der Waals surface area contributed by atoms with Gasteiger partial charge in [-0.3, -0.25) is 4.90 Å². The third-order valence-corrected chi connectivity index (χ3v) is 4.73. The zero-order valence-corrected chi connectivity index (χ0v) is 12.7. The number of anilines is 1. The number of fused-ring (bicyclic) bond motifs is 1. The van der Waals surface area contributed by atoms with Gasteiger partial charge in [0.05, 0.1) is 16.8 Å². The van der Waals surface area contributed by atoms with Crippen LogP contribution in [0.2, 0.25) is 0 Å². The van der Waals surface area contributed by atoms with Gasteiger partial charge in [0, 0.05) is 20.2 Å². The van der Waals surface area contributed by atoms with Crippen molar-refractivity contribution in [2.45, 2.75) is 19.4 Å². The summed E-state index contributed by atoms with van der Waals surface area (Å²) in [7, 11) is 1.79. The highest BCUT2D eigenvalue weighted by molar-refractivity contribution is 7.22. The maximum absolute atomic E-state index is 5.76. The van der Waals surface area contributed by atoms with Gasteiger partial charge in [0.15, 0.2) is 5.13 Å². The normalized spacial score (nSPS) is 20.6. The van der Waals surface area contributed by atoms with Crippen LogP contribution >= 0.6 is 11.3 Å². The van der Waals surface area contributed by atoms with E-state index in [-0.39, 0.29) is 0 Å². The van der Waals surface area contributed by atoms with Crippen LogP contribution in [-0.2, 0) is 11.3 Å². The van der Waals surface area contributed by atoms with Crippen LogP contribution < -0.4 is 5.73 Å². The molecule has 1 aliphatic heterocycles. The highest BCUT2D eigenvalue weighted by atomic mass is 32.1. The summed E-state index contributed by atoms with van der Waals surface area (Å²) in [5.41, 5.74) is 8.11. The molecule has 0 amide bonds. The molecule has 0 saturated carbocycles. The molecule has 5 heteroatoms. The van der Waals surface area contributed by atoms with E-state index in [0.29, 0.717) is 11.0 Å². The molecule has 2 aromatic rings. The summed E-state index contributed by atoms with van der Waals surface area (Å²) in [5, 5.41) is 0.648. The van der Waals surface area contributed by atoms with Crippen molar-refractivity contribution in [2.75, 3.05) is 32.5 Å². The second-order valence-electron chi connectivity index (χ2n) is 5.55. The molecule has 0 radical (unpaired) electrons. The summed E-state index contributed by atoms with van der Waals surface area (Å²) in [6.07, 6.45) is 2.55. The zero-order chi connectivity index (χ0) is 13.9. The Bertz CT molecular complexity index is 582. The van der Waals surface area contributed by atoms with Crippen LogP contribution in [-0.4, -0.2) is 36.7 Å². The number of thiazole rings is 1. The average molecular weight is 291 g/mol. The molecule has 1 unspecified atom stereocenters. The first-order valence-corrected chi connectivity index (χ1v) is 7.92. The molecule has 3 rings (SSSR count). The molecule has 4 nitrogen and oxygen atoms in total. The third kappa shape index (κ3) is 3.11. The molecule has 2 heterocycles. The Balaban J connectivity index is 1.68. The van der Waals surface area contributed by atoms with Gasteiger partial charge in [0.2, 0.25) is 0 Å². The Labute approximate surface area is 123 Å². The first kappa shape index (κ1) is 13.8. The van der Waals surface area contributed by atoms with E-state index in [0.717, 1.165) is 25.2 Å². The summed E-state index contributed by atoms with van der Waals surface area (Å²) >= 11 is 1.57.